The van der Waals surface area contributed by atoms with Gasteiger partial charge in [-0.1, -0.05) is 0 Å². The zero-order valence-corrected chi connectivity index (χ0v) is 13.1. The molecule has 21 heavy (non-hydrogen) atoms. The van der Waals surface area contributed by atoms with E-state index in [0.717, 1.165) is 31.7 Å². The Labute approximate surface area is 126 Å². The Kier molecular flexibility index (Phi) is 5.70. The van der Waals surface area contributed by atoms with Gasteiger partial charge in [0.15, 0.2) is 0 Å². The fourth-order valence-electron chi connectivity index (χ4n) is 2.68. The highest BCUT2D eigenvalue weighted by molar-refractivity contribution is 5.93. The Morgan fingerprint density at radius 2 is 2.10 bits per heavy atom. The van der Waals surface area contributed by atoms with Crippen LogP contribution in [-0.4, -0.2) is 54.2 Å². The van der Waals surface area contributed by atoms with Gasteiger partial charge >= 0.3 is 0 Å². The topological polar surface area (TPSA) is 54.5 Å². The third kappa shape index (κ3) is 5.10. The van der Waals surface area contributed by atoms with E-state index in [0.29, 0.717) is 24.3 Å². The van der Waals surface area contributed by atoms with Crippen molar-refractivity contribution in [2.24, 2.45) is 0 Å². The van der Waals surface area contributed by atoms with Crippen molar-refractivity contribution in [1.82, 2.24) is 15.2 Å². The second-order valence-electron chi connectivity index (χ2n) is 5.81. The lowest BCUT2D eigenvalue weighted by atomic mass is 10.2. The summed E-state index contributed by atoms with van der Waals surface area (Å²) in [5.74, 6) is -0.0498. The molecule has 0 radical (unpaired) electrons. The van der Waals surface area contributed by atoms with Crippen LogP contribution in [-0.2, 0) is 4.74 Å². The van der Waals surface area contributed by atoms with Crippen LogP contribution >= 0.6 is 0 Å². The van der Waals surface area contributed by atoms with Crippen LogP contribution in [0.3, 0.4) is 0 Å². The molecule has 0 spiro atoms. The van der Waals surface area contributed by atoms with Crippen molar-refractivity contribution in [3.63, 3.8) is 0 Å². The van der Waals surface area contributed by atoms with Gasteiger partial charge in [-0.25, -0.2) is 0 Å². The van der Waals surface area contributed by atoms with E-state index in [1.165, 1.54) is 0 Å². The minimum Gasteiger partial charge on any atom is -0.373 e. The maximum absolute atomic E-state index is 11.9. The summed E-state index contributed by atoms with van der Waals surface area (Å²) < 4.78 is 5.71. The van der Waals surface area contributed by atoms with Crippen molar-refractivity contribution in [2.75, 3.05) is 26.2 Å². The Bertz CT molecular complexity index is 451. The lowest BCUT2D eigenvalue weighted by Gasteiger charge is -2.35. The first-order chi connectivity index (χ1) is 10.0. The number of aromatic nitrogens is 1. The molecular formula is C16H25N3O2. The molecule has 1 N–H and O–H groups in total. The van der Waals surface area contributed by atoms with Crippen molar-refractivity contribution in [3.8, 4) is 0 Å². The Hall–Kier alpha value is -1.46. The van der Waals surface area contributed by atoms with Crippen LogP contribution in [0.4, 0.5) is 0 Å². The van der Waals surface area contributed by atoms with E-state index in [-0.39, 0.29) is 5.91 Å². The quantitative estimate of drug-likeness (QED) is 0.838. The number of hydrogen-bond donors (Lipinski definition) is 1. The van der Waals surface area contributed by atoms with Crippen LogP contribution in [0, 0.1) is 6.92 Å². The number of rotatable bonds is 5. The summed E-state index contributed by atoms with van der Waals surface area (Å²) in [6, 6.07) is 3.66. The van der Waals surface area contributed by atoms with Crippen molar-refractivity contribution in [1.29, 1.82) is 0 Å². The molecule has 1 amide bonds. The predicted molar refractivity (Wildman–Crippen MR) is 82.4 cm³/mol. The van der Waals surface area contributed by atoms with Gasteiger partial charge in [-0.05, 0) is 39.3 Å². The number of carbonyl (C=O) groups excluding carboxylic acids is 1. The van der Waals surface area contributed by atoms with Crippen LogP contribution in [0.25, 0.3) is 0 Å². The predicted octanol–water partition coefficient (Wildman–Crippen LogP) is 1.62. The number of hydrogen-bond acceptors (Lipinski definition) is 4. The van der Waals surface area contributed by atoms with E-state index in [2.05, 4.69) is 29.0 Å². The molecule has 1 aliphatic rings. The number of nitrogens with one attached hydrogen (secondary N) is 1. The highest BCUT2D eigenvalue weighted by Gasteiger charge is 2.21. The third-order valence-corrected chi connectivity index (χ3v) is 3.61. The highest BCUT2D eigenvalue weighted by Crippen LogP contribution is 2.10. The Balaban J connectivity index is 1.67. The van der Waals surface area contributed by atoms with E-state index in [1.54, 1.807) is 6.20 Å². The van der Waals surface area contributed by atoms with Crippen LogP contribution in [0.1, 0.15) is 36.3 Å². The van der Waals surface area contributed by atoms with Crippen LogP contribution in [0.5, 0.6) is 0 Å². The molecule has 1 saturated heterocycles. The van der Waals surface area contributed by atoms with E-state index in [4.69, 9.17) is 4.74 Å². The van der Waals surface area contributed by atoms with Gasteiger partial charge in [0.05, 0.1) is 17.8 Å². The lowest BCUT2D eigenvalue weighted by Crippen LogP contribution is -2.46. The molecule has 2 rings (SSSR count). The number of nitrogens with zero attached hydrogens (tertiary/aromatic N) is 2. The first-order valence-electron chi connectivity index (χ1n) is 7.63. The van der Waals surface area contributed by atoms with Gasteiger partial charge in [0, 0.05) is 38.1 Å². The number of aryl methyl sites for hydroxylation is 1. The summed E-state index contributed by atoms with van der Waals surface area (Å²) in [4.78, 5) is 18.5. The number of morpholine rings is 1. The van der Waals surface area contributed by atoms with E-state index in [9.17, 15) is 4.79 Å². The summed E-state index contributed by atoms with van der Waals surface area (Å²) in [5.41, 5.74) is 1.54. The smallest absolute Gasteiger partial charge is 0.252 e. The maximum Gasteiger partial charge on any atom is 0.252 e. The molecule has 0 saturated carbocycles. The van der Waals surface area contributed by atoms with Crippen molar-refractivity contribution in [3.05, 3.63) is 29.6 Å². The second-order valence-corrected chi connectivity index (χ2v) is 5.81. The summed E-state index contributed by atoms with van der Waals surface area (Å²) in [5, 5.41) is 2.94. The molecule has 2 atom stereocenters. The van der Waals surface area contributed by atoms with Crippen molar-refractivity contribution >= 4 is 5.91 Å². The molecule has 5 heteroatoms. The highest BCUT2D eigenvalue weighted by atomic mass is 16.5. The first kappa shape index (κ1) is 15.9. The molecule has 1 aliphatic heterocycles. The van der Waals surface area contributed by atoms with Crippen molar-refractivity contribution < 1.29 is 9.53 Å². The van der Waals surface area contributed by atoms with Gasteiger partial charge in [0.1, 0.15) is 0 Å². The normalized spacial score (nSPS) is 23.0. The van der Waals surface area contributed by atoms with Crippen LogP contribution in [0.15, 0.2) is 18.3 Å². The molecule has 116 valence electrons. The largest absolute Gasteiger partial charge is 0.373 e. The Morgan fingerprint density at radius 1 is 1.38 bits per heavy atom. The SMILES string of the molecule is Cc1ccc(C(=O)NCCCN2C[C@H](C)O[C@@H](C)C2)cn1. The monoisotopic (exact) mass is 291 g/mol. The summed E-state index contributed by atoms with van der Waals surface area (Å²) in [6.45, 7) is 9.74. The molecule has 1 aromatic rings. The standard InChI is InChI=1S/C16H25N3O2/c1-12-5-6-15(9-18-12)16(20)17-7-4-8-19-10-13(2)21-14(3)11-19/h5-6,9,13-14H,4,7-8,10-11H2,1-3H3,(H,17,20)/t13-,14-/m0/s1. The lowest BCUT2D eigenvalue weighted by molar-refractivity contribution is -0.0679. The van der Waals surface area contributed by atoms with Gasteiger partial charge in [-0.3, -0.25) is 14.7 Å². The van der Waals surface area contributed by atoms with Crippen LogP contribution < -0.4 is 5.32 Å². The Morgan fingerprint density at radius 3 is 2.71 bits per heavy atom. The number of ether oxygens (including phenoxy) is 1. The van der Waals surface area contributed by atoms with Gasteiger partial charge in [0.25, 0.3) is 5.91 Å². The zero-order valence-electron chi connectivity index (χ0n) is 13.1. The minimum atomic E-state index is -0.0498. The van der Waals surface area contributed by atoms with E-state index in [1.807, 2.05) is 19.1 Å². The third-order valence-electron chi connectivity index (χ3n) is 3.61. The summed E-state index contributed by atoms with van der Waals surface area (Å²) in [6.07, 6.45) is 3.16. The zero-order chi connectivity index (χ0) is 15.2. The second kappa shape index (κ2) is 7.52. The average Bonchev–Trinajstić information content (AvgIpc) is 2.43. The van der Waals surface area contributed by atoms with E-state index < -0.39 is 0 Å². The number of pyridine rings is 1. The molecule has 5 nitrogen and oxygen atoms in total. The van der Waals surface area contributed by atoms with Gasteiger partial charge in [-0.2, -0.15) is 0 Å². The minimum absolute atomic E-state index is 0.0498. The molecule has 2 heterocycles. The summed E-state index contributed by atoms with van der Waals surface area (Å²) >= 11 is 0. The van der Waals surface area contributed by atoms with Gasteiger partial charge in [-0.15, -0.1) is 0 Å². The van der Waals surface area contributed by atoms with Crippen LogP contribution in [0.2, 0.25) is 0 Å². The maximum atomic E-state index is 11.9. The fourth-order valence-corrected chi connectivity index (χ4v) is 2.68. The molecule has 0 unspecified atom stereocenters. The summed E-state index contributed by atoms with van der Waals surface area (Å²) in [7, 11) is 0. The van der Waals surface area contributed by atoms with Crippen molar-refractivity contribution in [2.45, 2.75) is 39.4 Å². The first-order valence-corrected chi connectivity index (χ1v) is 7.63. The fraction of sp³-hybridized carbons (Fsp3) is 0.625. The molecule has 1 fully saturated rings. The molecule has 0 bridgehead atoms. The molecule has 1 aromatic heterocycles. The molecule has 0 aromatic carbocycles. The number of amides is 1. The molecule has 0 aliphatic carbocycles. The number of carbonyl (C=O) groups is 1. The van der Waals surface area contributed by atoms with E-state index >= 15 is 0 Å². The average molecular weight is 291 g/mol. The van der Waals surface area contributed by atoms with Gasteiger partial charge < -0.3 is 10.1 Å². The van der Waals surface area contributed by atoms with Gasteiger partial charge in [0.2, 0.25) is 0 Å². The molecular weight excluding hydrogens is 266 g/mol.